The zero-order chi connectivity index (χ0) is 16.8. The van der Waals surface area contributed by atoms with Crippen molar-refractivity contribution in [2.75, 3.05) is 5.73 Å². The van der Waals surface area contributed by atoms with Crippen LogP contribution in [0.4, 0.5) is 5.95 Å². The number of aromatic nitrogens is 3. The molecule has 1 aromatic heterocycles. The van der Waals surface area contributed by atoms with Crippen molar-refractivity contribution in [3.8, 4) is 0 Å². The van der Waals surface area contributed by atoms with Crippen LogP contribution < -0.4 is 5.73 Å². The summed E-state index contributed by atoms with van der Waals surface area (Å²) in [6, 6.07) is 0. The second-order valence-corrected chi connectivity index (χ2v) is 7.32. The highest BCUT2D eigenvalue weighted by molar-refractivity contribution is 5.12. The lowest BCUT2D eigenvalue weighted by atomic mass is 10.0. The first-order chi connectivity index (χ1) is 11.2. The Hall–Kier alpha value is -1.06. The molecule has 0 saturated carbocycles. The van der Waals surface area contributed by atoms with Crippen LogP contribution in [0.25, 0.3) is 0 Å². The number of aryl methyl sites for hydroxylation is 1. The van der Waals surface area contributed by atoms with E-state index in [1.165, 1.54) is 83.5 Å². The smallest absolute Gasteiger partial charge is 0.239 e. The molecule has 0 aliphatic rings. The van der Waals surface area contributed by atoms with Gasteiger partial charge in [-0.3, -0.25) is 5.10 Å². The number of nitrogens with one attached hydrogen (secondary N) is 1. The van der Waals surface area contributed by atoms with Crippen LogP contribution in [0.2, 0.25) is 0 Å². The van der Waals surface area contributed by atoms with Crippen molar-refractivity contribution in [2.45, 2.75) is 104 Å². The molecule has 0 saturated heterocycles. The lowest BCUT2D eigenvalue weighted by molar-refractivity contribution is 0.503. The fourth-order valence-electron chi connectivity index (χ4n) is 3.03. The maximum atomic E-state index is 5.48. The Labute approximate surface area is 143 Å². The number of hydrogen-bond acceptors (Lipinski definition) is 3. The zero-order valence-corrected chi connectivity index (χ0v) is 15.4. The Morgan fingerprint density at radius 3 is 1.70 bits per heavy atom. The topological polar surface area (TPSA) is 67.6 Å². The number of nitrogens with zero attached hydrogens (tertiary/aromatic N) is 2. The van der Waals surface area contributed by atoms with Gasteiger partial charge < -0.3 is 5.73 Å². The molecule has 0 aromatic carbocycles. The number of anilines is 1. The summed E-state index contributed by atoms with van der Waals surface area (Å²) < 4.78 is 0. The molecule has 0 atom stereocenters. The summed E-state index contributed by atoms with van der Waals surface area (Å²) in [7, 11) is 0. The molecule has 0 amide bonds. The maximum Gasteiger partial charge on any atom is 0.239 e. The maximum absolute atomic E-state index is 5.48. The molecule has 4 heteroatoms. The minimum Gasteiger partial charge on any atom is -0.367 e. The molecule has 0 fully saturated rings. The number of unbranched alkanes of at least 4 members (excludes halogenated alkanes) is 11. The van der Waals surface area contributed by atoms with E-state index in [9.17, 15) is 0 Å². The van der Waals surface area contributed by atoms with Crippen LogP contribution in [0.3, 0.4) is 0 Å². The average molecular weight is 323 g/mol. The molecule has 0 aliphatic carbocycles. The molecule has 0 unspecified atom stereocenters. The second-order valence-electron chi connectivity index (χ2n) is 7.32. The van der Waals surface area contributed by atoms with E-state index in [1.54, 1.807) is 0 Å². The predicted molar refractivity (Wildman–Crippen MR) is 99.4 cm³/mol. The molecule has 1 rings (SSSR count). The summed E-state index contributed by atoms with van der Waals surface area (Å²) in [5.74, 6) is 2.17. The lowest BCUT2D eigenvalue weighted by Crippen LogP contribution is -1.90. The molecule has 1 aromatic rings. The summed E-state index contributed by atoms with van der Waals surface area (Å²) in [5, 5.41) is 6.71. The minimum atomic E-state index is 0.361. The number of nitrogen functional groups attached to an aromatic ring is 1. The van der Waals surface area contributed by atoms with Crippen molar-refractivity contribution in [1.82, 2.24) is 15.2 Å². The van der Waals surface area contributed by atoms with Crippen LogP contribution in [0.15, 0.2) is 0 Å². The van der Waals surface area contributed by atoms with Gasteiger partial charge in [-0.15, -0.1) is 5.10 Å². The van der Waals surface area contributed by atoms with Gasteiger partial charge in [0, 0.05) is 6.42 Å². The van der Waals surface area contributed by atoms with Crippen LogP contribution in [-0.4, -0.2) is 15.2 Å². The van der Waals surface area contributed by atoms with E-state index in [0.717, 1.165) is 18.2 Å². The van der Waals surface area contributed by atoms with E-state index in [1.807, 2.05) is 0 Å². The van der Waals surface area contributed by atoms with Gasteiger partial charge in [-0.1, -0.05) is 90.9 Å². The van der Waals surface area contributed by atoms with Gasteiger partial charge >= 0.3 is 0 Å². The van der Waals surface area contributed by atoms with Crippen LogP contribution >= 0.6 is 0 Å². The molecule has 23 heavy (non-hydrogen) atoms. The number of aromatic amines is 1. The van der Waals surface area contributed by atoms with Gasteiger partial charge in [-0.2, -0.15) is 4.98 Å². The van der Waals surface area contributed by atoms with E-state index in [-0.39, 0.29) is 0 Å². The molecule has 4 nitrogen and oxygen atoms in total. The Morgan fingerprint density at radius 2 is 1.26 bits per heavy atom. The summed E-state index contributed by atoms with van der Waals surface area (Å²) in [6.45, 7) is 4.65. The fourth-order valence-corrected chi connectivity index (χ4v) is 3.03. The SMILES string of the molecule is CC(C)CCCCCCCCCCCCCCc1nc(N)n[nH]1. The van der Waals surface area contributed by atoms with Crippen LogP contribution in [0.5, 0.6) is 0 Å². The standard InChI is InChI=1S/C19H38N4/c1-17(2)15-13-11-9-7-5-3-4-6-8-10-12-14-16-18-21-19(20)23-22-18/h17H,3-16H2,1-2H3,(H3,20,21,22,23). The van der Waals surface area contributed by atoms with Crippen molar-refractivity contribution in [1.29, 1.82) is 0 Å². The highest BCUT2D eigenvalue weighted by Gasteiger charge is 1.99. The van der Waals surface area contributed by atoms with E-state index in [0.29, 0.717) is 5.95 Å². The zero-order valence-electron chi connectivity index (χ0n) is 15.4. The summed E-state index contributed by atoms with van der Waals surface area (Å²) >= 11 is 0. The first-order valence-electron chi connectivity index (χ1n) is 9.85. The van der Waals surface area contributed by atoms with Crippen molar-refractivity contribution >= 4 is 5.95 Å². The molecule has 0 spiro atoms. The first-order valence-corrected chi connectivity index (χ1v) is 9.85. The molecule has 1 heterocycles. The minimum absolute atomic E-state index is 0.361. The Bertz CT molecular complexity index is 373. The van der Waals surface area contributed by atoms with E-state index in [2.05, 4.69) is 29.0 Å². The quantitative estimate of drug-likeness (QED) is 0.410. The summed E-state index contributed by atoms with van der Waals surface area (Å²) in [4.78, 5) is 4.12. The Kier molecular flexibility index (Phi) is 11.6. The third-order valence-corrected chi connectivity index (χ3v) is 4.49. The third-order valence-electron chi connectivity index (χ3n) is 4.49. The van der Waals surface area contributed by atoms with Gasteiger partial charge in [0.2, 0.25) is 5.95 Å². The van der Waals surface area contributed by atoms with E-state index in [4.69, 9.17) is 5.73 Å². The monoisotopic (exact) mass is 322 g/mol. The fraction of sp³-hybridized carbons (Fsp3) is 0.895. The second kappa shape index (κ2) is 13.4. The van der Waals surface area contributed by atoms with Gasteiger partial charge in [-0.25, -0.2) is 0 Å². The number of rotatable bonds is 15. The predicted octanol–water partition coefficient (Wildman–Crippen LogP) is 5.66. The molecule has 0 radical (unpaired) electrons. The first kappa shape index (κ1) is 20.0. The highest BCUT2D eigenvalue weighted by atomic mass is 15.3. The van der Waals surface area contributed by atoms with Crippen LogP contribution in [0, 0.1) is 5.92 Å². The van der Waals surface area contributed by atoms with E-state index >= 15 is 0 Å². The van der Waals surface area contributed by atoms with Crippen LogP contribution in [0.1, 0.15) is 103 Å². The van der Waals surface area contributed by atoms with Crippen molar-refractivity contribution in [2.24, 2.45) is 5.92 Å². The van der Waals surface area contributed by atoms with Gasteiger partial charge in [0.25, 0.3) is 0 Å². The number of nitrogens with two attached hydrogens (primary N) is 1. The Morgan fingerprint density at radius 1 is 0.783 bits per heavy atom. The molecule has 134 valence electrons. The van der Waals surface area contributed by atoms with Crippen molar-refractivity contribution < 1.29 is 0 Å². The van der Waals surface area contributed by atoms with Crippen molar-refractivity contribution in [3.63, 3.8) is 0 Å². The van der Waals surface area contributed by atoms with Gasteiger partial charge in [-0.05, 0) is 12.3 Å². The Balaban J connectivity index is 1.73. The lowest BCUT2D eigenvalue weighted by Gasteiger charge is -2.04. The molecule has 0 bridgehead atoms. The van der Waals surface area contributed by atoms with Gasteiger partial charge in [0.05, 0.1) is 0 Å². The van der Waals surface area contributed by atoms with Crippen LogP contribution in [-0.2, 0) is 6.42 Å². The average Bonchev–Trinajstić information content (AvgIpc) is 2.93. The number of hydrogen-bond donors (Lipinski definition) is 2. The number of H-pyrrole nitrogens is 1. The largest absolute Gasteiger partial charge is 0.367 e. The van der Waals surface area contributed by atoms with Gasteiger partial charge in [0.15, 0.2) is 0 Å². The summed E-state index contributed by atoms with van der Waals surface area (Å²) in [5.41, 5.74) is 5.48. The third kappa shape index (κ3) is 12.1. The normalized spacial score (nSPS) is 11.4. The molecule has 3 N–H and O–H groups in total. The van der Waals surface area contributed by atoms with Gasteiger partial charge in [0.1, 0.15) is 5.82 Å². The summed E-state index contributed by atoms with van der Waals surface area (Å²) in [6.07, 6.45) is 19.0. The van der Waals surface area contributed by atoms with Crippen molar-refractivity contribution in [3.05, 3.63) is 5.82 Å². The van der Waals surface area contributed by atoms with E-state index < -0.39 is 0 Å². The molecule has 0 aliphatic heterocycles. The highest BCUT2D eigenvalue weighted by Crippen LogP contribution is 2.14. The molecular weight excluding hydrogens is 284 g/mol. The molecular formula is C19H38N4.